The molecule has 0 aromatic heterocycles. The Morgan fingerprint density at radius 3 is 2.77 bits per heavy atom. The summed E-state index contributed by atoms with van der Waals surface area (Å²) in [4.78, 5) is 23.1. The summed E-state index contributed by atoms with van der Waals surface area (Å²) in [5.41, 5.74) is 5.19. The van der Waals surface area contributed by atoms with E-state index in [4.69, 9.17) is 10.8 Å². The van der Waals surface area contributed by atoms with Crippen molar-refractivity contribution in [3.05, 3.63) is 0 Å². The number of carboxylic acid groups (broad SMARTS) is 1. The summed E-state index contributed by atoms with van der Waals surface area (Å²) in [6.07, 6.45) is 0.923. The fourth-order valence-electron chi connectivity index (χ4n) is 1.60. The first kappa shape index (κ1) is 9.98. The molecule has 13 heavy (non-hydrogen) atoms. The minimum absolute atomic E-state index is 0.0137. The molecule has 1 rings (SSSR count). The SMILES string of the molecule is NCC(=O)N1CCC(CC(=O)O)C1. The molecule has 1 saturated heterocycles. The van der Waals surface area contributed by atoms with Crippen molar-refractivity contribution in [2.45, 2.75) is 12.8 Å². The Labute approximate surface area is 76.5 Å². The van der Waals surface area contributed by atoms with Gasteiger partial charge >= 0.3 is 5.97 Å². The second kappa shape index (κ2) is 4.23. The molecule has 1 unspecified atom stereocenters. The number of hydrogen-bond donors (Lipinski definition) is 2. The molecule has 1 atom stereocenters. The van der Waals surface area contributed by atoms with Crippen LogP contribution in [0.3, 0.4) is 0 Å². The highest BCUT2D eigenvalue weighted by molar-refractivity contribution is 5.78. The molecule has 1 amide bonds. The normalized spacial score (nSPS) is 21.9. The van der Waals surface area contributed by atoms with Gasteiger partial charge in [-0.05, 0) is 12.3 Å². The Morgan fingerprint density at radius 1 is 1.54 bits per heavy atom. The van der Waals surface area contributed by atoms with Gasteiger partial charge in [0.2, 0.25) is 5.91 Å². The Hall–Kier alpha value is -1.10. The zero-order chi connectivity index (χ0) is 9.84. The van der Waals surface area contributed by atoms with E-state index in [1.54, 1.807) is 4.90 Å². The maximum Gasteiger partial charge on any atom is 0.303 e. The minimum Gasteiger partial charge on any atom is -0.481 e. The second-order valence-corrected chi connectivity index (χ2v) is 3.30. The predicted octanol–water partition coefficient (Wildman–Crippen LogP) is -0.732. The van der Waals surface area contributed by atoms with E-state index in [9.17, 15) is 9.59 Å². The smallest absolute Gasteiger partial charge is 0.303 e. The van der Waals surface area contributed by atoms with Gasteiger partial charge in [0.25, 0.3) is 0 Å². The van der Waals surface area contributed by atoms with Crippen LogP contribution in [0.25, 0.3) is 0 Å². The van der Waals surface area contributed by atoms with E-state index in [0.717, 1.165) is 6.42 Å². The van der Waals surface area contributed by atoms with Gasteiger partial charge in [-0.1, -0.05) is 0 Å². The Balaban J connectivity index is 2.36. The zero-order valence-corrected chi connectivity index (χ0v) is 7.40. The number of aliphatic carboxylic acids is 1. The number of nitrogens with zero attached hydrogens (tertiary/aromatic N) is 1. The van der Waals surface area contributed by atoms with Crippen LogP contribution in [-0.2, 0) is 9.59 Å². The summed E-state index contributed by atoms with van der Waals surface area (Å²) in [6.45, 7) is 1.20. The monoisotopic (exact) mass is 186 g/mol. The maximum atomic E-state index is 11.1. The molecule has 5 heteroatoms. The fraction of sp³-hybridized carbons (Fsp3) is 0.750. The number of amides is 1. The molecule has 0 spiro atoms. The molecule has 74 valence electrons. The van der Waals surface area contributed by atoms with Crippen molar-refractivity contribution >= 4 is 11.9 Å². The van der Waals surface area contributed by atoms with Gasteiger partial charge in [-0.15, -0.1) is 0 Å². The summed E-state index contributed by atoms with van der Waals surface area (Å²) >= 11 is 0. The molecule has 1 aliphatic heterocycles. The van der Waals surface area contributed by atoms with Crippen LogP contribution in [0.1, 0.15) is 12.8 Å². The lowest BCUT2D eigenvalue weighted by atomic mass is 10.1. The quantitative estimate of drug-likeness (QED) is 0.608. The molecule has 0 aromatic carbocycles. The highest BCUT2D eigenvalue weighted by Gasteiger charge is 2.26. The maximum absolute atomic E-state index is 11.1. The second-order valence-electron chi connectivity index (χ2n) is 3.30. The van der Waals surface area contributed by atoms with E-state index in [1.165, 1.54) is 0 Å². The van der Waals surface area contributed by atoms with Crippen LogP contribution in [0.15, 0.2) is 0 Å². The summed E-state index contributed by atoms with van der Waals surface area (Å²) in [6, 6.07) is 0. The zero-order valence-electron chi connectivity index (χ0n) is 7.40. The lowest BCUT2D eigenvalue weighted by Gasteiger charge is -2.14. The van der Waals surface area contributed by atoms with Gasteiger partial charge in [-0.3, -0.25) is 9.59 Å². The van der Waals surface area contributed by atoms with Crippen LogP contribution < -0.4 is 5.73 Å². The molecule has 0 aliphatic carbocycles. The molecule has 1 fully saturated rings. The number of nitrogens with two attached hydrogens (primary N) is 1. The van der Waals surface area contributed by atoms with Crippen molar-refractivity contribution in [3.8, 4) is 0 Å². The van der Waals surface area contributed by atoms with Gasteiger partial charge in [0, 0.05) is 19.5 Å². The molecule has 5 nitrogen and oxygen atoms in total. The van der Waals surface area contributed by atoms with Crippen LogP contribution >= 0.6 is 0 Å². The average molecular weight is 186 g/mol. The fourth-order valence-corrected chi connectivity index (χ4v) is 1.60. The van der Waals surface area contributed by atoms with E-state index < -0.39 is 5.97 Å². The van der Waals surface area contributed by atoms with Gasteiger partial charge in [0.05, 0.1) is 6.54 Å². The van der Waals surface area contributed by atoms with E-state index in [1.807, 2.05) is 0 Å². The van der Waals surface area contributed by atoms with Crippen LogP contribution in [0, 0.1) is 5.92 Å². The summed E-state index contributed by atoms with van der Waals surface area (Å²) in [5.74, 6) is -0.784. The Kier molecular flexibility index (Phi) is 3.25. The van der Waals surface area contributed by atoms with Gasteiger partial charge in [-0.2, -0.15) is 0 Å². The van der Waals surface area contributed by atoms with Gasteiger partial charge in [-0.25, -0.2) is 0 Å². The molecule has 0 radical (unpaired) electrons. The van der Waals surface area contributed by atoms with Crippen LogP contribution in [0.5, 0.6) is 0 Å². The molecule has 3 N–H and O–H groups in total. The van der Waals surface area contributed by atoms with E-state index in [2.05, 4.69) is 0 Å². The standard InChI is InChI=1S/C8H14N2O3/c9-4-7(11)10-2-1-6(5-10)3-8(12)13/h6H,1-5,9H2,(H,12,13). The average Bonchev–Trinajstić information content (AvgIpc) is 2.50. The lowest BCUT2D eigenvalue weighted by Crippen LogP contribution is -2.34. The van der Waals surface area contributed by atoms with Crippen molar-refractivity contribution < 1.29 is 14.7 Å². The topological polar surface area (TPSA) is 83.6 Å². The molecule has 1 heterocycles. The van der Waals surface area contributed by atoms with Crippen molar-refractivity contribution in [1.29, 1.82) is 0 Å². The van der Waals surface area contributed by atoms with Crippen LogP contribution in [0.2, 0.25) is 0 Å². The molecular formula is C8H14N2O3. The van der Waals surface area contributed by atoms with Gasteiger partial charge in [0.15, 0.2) is 0 Å². The first-order valence-corrected chi connectivity index (χ1v) is 4.33. The van der Waals surface area contributed by atoms with Crippen molar-refractivity contribution in [2.75, 3.05) is 19.6 Å². The van der Waals surface area contributed by atoms with Crippen molar-refractivity contribution in [1.82, 2.24) is 4.90 Å². The van der Waals surface area contributed by atoms with Gasteiger partial charge < -0.3 is 15.7 Å². The third kappa shape index (κ3) is 2.69. The Bertz CT molecular complexity index is 217. The lowest BCUT2D eigenvalue weighted by molar-refractivity contribution is -0.138. The Morgan fingerprint density at radius 2 is 2.23 bits per heavy atom. The molecule has 0 bridgehead atoms. The molecule has 0 aromatic rings. The first-order valence-electron chi connectivity index (χ1n) is 4.33. The van der Waals surface area contributed by atoms with Crippen molar-refractivity contribution in [2.24, 2.45) is 11.7 Å². The highest BCUT2D eigenvalue weighted by Crippen LogP contribution is 2.19. The van der Waals surface area contributed by atoms with Crippen molar-refractivity contribution in [3.63, 3.8) is 0 Å². The van der Waals surface area contributed by atoms with Gasteiger partial charge in [0.1, 0.15) is 0 Å². The largest absolute Gasteiger partial charge is 0.481 e. The number of rotatable bonds is 3. The number of hydrogen-bond acceptors (Lipinski definition) is 3. The third-order valence-corrected chi connectivity index (χ3v) is 2.28. The van der Waals surface area contributed by atoms with Crippen LogP contribution in [0.4, 0.5) is 0 Å². The summed E-state index contributed by atoms with van der Waals surface area (Å²) in [7, 11) is 0. The summed E-state index contributed by atoms with van der Waals surface area (Å²) < 4.78 is 0. The predicted molar refractivity (Wildman–Crippen MR) is 46.0 cm³/mol. The molecule has 0 saturated carbocycles. The highest BCUT2D eigenvalue weighted by atomic mass is 16.4. The number of carboxylic acids is 1. The van der Waals surface area contributed by atoms with Crippen LogP contribution in [-0.4, -0.2) is 41.5 Å². The van der Waals surface area contributed by atoms with E-state index in [0.29, 0.717) is 13.1 Å². The van der Waals surface area contributed by atoms with E-state index >= 15 is 0 Å². The number of likely N-dealkylation sites (tertiary alicyclic amines) is 1. The molecular weight excluding hydrogens is 172 g/mol. The minimum atomic E-state index is -0.799. The first-order chi connectivity index (χ1) is 6.13. The molecule has 1 aliphatic rings. The number of carbonyl (C=O) groups excluding carboxylic acids is 1. The number of carbonyl (C=O) groups is 2. The third-order valence-electron chi connectivity index (χ3n) is 2.28. The summed E-state index contributed by atoms with van der Waals surface area (Å²) in [5, 5.41) is 8.53. The van der Waals surface area contributed by atoms with E-state index in [-0.39, 0.29) is 24.8 Å².